The first-order valence-electron chi connectivity index (χ1n) is 6.20. The van der Waals surface area contributed by atoms with Gasteiger partial charge in [-0.1, -0.05) is 19.1 Å². The highest BCUT2D eigenvalue weighted by Crippen LogP contribution is 2.23. The number of carbonyl (C=O) groups excluding carboxylic acids is 2. The number of rotatable bonds is 6. The summed E-state index contributed by atoms with van der Waals surface area (Å²) in [7, 11) is 0. The van der Waals surface area contributed by atoms with Crippen molar-refractivity contribution in [2.24, 2.45) is 5.73 Å². The summed E-state index contributed by atoms with van der Waals surface area (Å²) in [4.78, 5) is 22.1. The fourth-order valence-corrected chi connectivity index (χ4v) is 1.54. The molecule has 0 radical (unpaired) electrons. The topological polar surface area (TPSA) is 93.4 Å². The minimum absolute atomic E-state index is 0.0134. The van der Waals surface area contributed by atoms with Crippen molar-refractivity contribution in [1.29, 1.82) is 0 Å². The van der Waals surface area contributed by atoms with E-state index in [1.807, 2.05) is 12.2 Å². The van der Waals surface area contributed by atoms with Crippen LogP contribution in [0.1, 0.15) is 19.4 Å². The van der Waals surface area contributed by atoms with Crippen LogP contribution in [0, 0.1) is 5.82 Å². The first-order chi connectivity index (χ1) is 9.45. The number of nitrogens with one attached hydrogen (secondary N) is 2. The molecule has 0 aliphatic rings. The van der Waals surface area contributed by atoms with Gasteiger partial charge in [-0.25, -0.2) is 9.18 Å². The molecule has 20 heavy (non-hydrogen) atoms. The molecule has 0 spiro atoms. The number of halogens is 1. The molecule has 0 saturated heterocycles. The second-order valence-corrected chi connectivity index (χ2v) is 4.12. The van der Waals surface area contributed by atoms with E-state index in [0.717, 1.165) is 0 Å². The second-order valence-electron chi connectivity index (χ2n) is 4.12. The van der Waals surface area contributed by atoms with E-state index in [0.29, 0.717) is 18.7 Å². The third-order valence-electron chi connectivity index (χ3n) is 2.52. The zero-order valence-corrected chi connectivity index (χ0v) is 11.4. The fraction of sp³-hybridized carbons (Fsp3) is 0.385. The molecule has 110 valence electrons. The van der Waals surface area contributed by atoms with Gasteiger partial charge in [-0.05, 0) is 19.5 Å². The Kier molecular flexibility index (Phi) is 5.92. The van der Waals surface area contributed by atoms with E-state index in [1.165, 1.54) is 13.0 Å². The van der Waals surface area contributed by atoms with Crippen molar-refractivity contribution in [3.05, 3.63) is 29.6 Å². The Morgan fingerprint density at radius 2 is 2.15 bits per heavy atom. The van der Waals surface area contributed by atoms with Crippen LogP contribution in [0.2, 0.25) is 0 Å². The highest BCUT2D eigenvalue weighted by Gasteiger charge is 2.19. The van der Waals surface area contributed by atoms with Crippen molar-refractivity contribution in [2.75, 3.05) is 6.54 Å². The number of nitrogens with two attached hydrogens (primary N) is 1. The molecule has 1 unspecified atom stereocenters. The van der Waals surface area contributed by atoms with Gasteiger partial charge in [0.15, 0.2) is 17.7 Å². The first kappa shape index (κ1) is 15.9. The van der Waals surface area contributed by atoms with Crippen molar-refractivity contribution in [3.63, 3.8) is 0 Å². The van der Waals surface area contributed by atoms with E-state index >= 15 is 0 Å². The molecule has 7 heteroatoms. The number of hydrogen-bond acceptors (Lipinski definition) is 4. The number of ether oxygens (including phenoxy) is 1. The zero-order chi connectivity index (χ0) is 15.1. The maximum atomic E-state index is 13.8. The molecular weight excluding hydrogens is 265 g/mol. The Balaban J connectivity index is 2.84. The predicted octanol–water partition coefficient (Wildman–Crippen LogP) is 0.897. The molecule has 0 saturated carbocycles. The Labute approximate surface area is 116 Å². The summed E-state index contributed by atoms with van der Waals surface area (Å²) in [6, 6.07) is 3.51. The smallest absolute Gasteiger partial charge is 0.318 e. The van der Waals surface area contributed by atoms with Gasteiger partial charge in [0.25, 0.3) is 5.91 Å². The first-order valence-corrected chi connectivity index (χ1v) is 6.20. The maximum Gasteiger partial charge on any atom is 0.318 e. The summed E-state index contributed by atoms with van der Waals surface area (Å²) in [5.41, 5.74) is 5.43. The molecule has 0 heterocycles. The summed E-state index contributed by atoms with van der Waals surface area (Å²) in [5.74, 6) is -1.31. The molecule has 3 amide bonds. The lowest BCUT2D eigenvalue weighted by molar-refractivity contribution is -0.126. The standard InChI is InChI=1S/C13H18FN3O3/c1-3-16-7-9-5-4-6-10(14)11(9)20-8(2)12(18)17-13(15)19/h4-6,8,16H,3,7H2,1-2H3,(H3,15,17,18,19). The van der Waals surface area contributed by atoms with Crippen molar-refractivity contribution in [2.45, 2.75) is 26.5 Å². The van der Waals surface area contributed by atoms with Crippen LogP contribution in [0.15, 0.2) is 18.2 Å². The van der Waals surface area contributed by atoms with Crippen molar-refractivity contribution >= 4 is 11.9 Å². The molecule has 1 aromatic carbocycles. The molecule has 0 fully saturated rings. The fourth-order valence-electron chi connectivity index (χ4n) is 1.54. The number of para-hydroxylation sites is 1. The van der Waals surface area contributed by atoms with E-state index < -0.39 is 23.9 Å². The van der Waals surface area contributed by atoms with Gasteiger partial charge < -0.3 is 15.8 Å². The minimum atomic E-state index is -1.04. The SMILES string of the molecule is CCNCc1cccc(F)c1OC(C)C(=O)NC(N)=O. The van der Waals surface area contributed by atoms with Gasteiger partial charge >= 0.3 is 6.03 Å². The maximum absolute atomic E-state index is 13.8. The van der Waals surface area contributed by atoms with Crippen LogP contribution in [-0.2, 0) is 11.3 Å². The van der Waals surface area contributed by atoms with Gasteiger partial charge in [-0.15, -0.1) is 0 Å². The molecule has 4 N–H and O–H groups in total. The van der Waals surface area contributed by atoms with Gasteiger partial charge in [0.2, 0.25) is 0 Å². The molecule has 1 atom stereocenters. The van der Waals surface area contributed by atoms with Gasteiger partial charge in [0.05, 0.1) is 0 Å². The molecule has 0 aliphatic carbocycles. The number of hydrogen-bond donors (Lipinski definition) is 3. The molecular formula is C13H18FN3O3. The lowest BCUT2D eigenvalue weighted by Crippen LogP contribution is -2.42. The number of urea groups is 1. The Hall–Kier alpha value is -2.15. The van der Waals surface area contributed by atoms with Crippen LogP contribution in [0.4, 0.5) is 9.18 Å². The number of imide groups is 1. The summed E-state index contributed by atoms with van der Waals surface area (Å²) >= 11 is 0. The summed E-state index contributed by atoms with van der Waals surface area (Å²) < 4.78 is 19.1. The third kappa shape index (κ3) is 4.51. The highest BCUT2D eigenvalue weighted by molar-refractivity contribution is 5.95. The van der Waals surface area contributed by atoms with Crippen LogP contribution in [0.25, 0.3) is 0 Å². The molecule has 1 rings (SSSR count). The Morgan fingerprint density at radius 1 is 1.45 bits per heavy atom. The van der Waals surface area contributed by atoms with Crippen molar-refractivity contribution in [3.8, 4) is 5.75 Å². The van der Waals surface area contributed by atoms with Crippen LogP contribution in [0.5, 0.6) is 5.75 Å². The summed E-state index contributed by atoms with van der Waals surface area (Å²) in [6.45, 7) is 4.45. The van der Waals surface area contributed by atoms with Crippen molar-refractivity contribution < 1.29 is 18.7 Å². The van der Waals surface area contributed by atoms with E-state index in [4.69, 9.17) is 10.5 Å². The molecule has 0 aromatic heterocycles. The molecule has 0 aliphatic heterocycles. The summed E-state index contributed by atoms with van der Waals surface area (Å²) in [6.07, 6.45) is -1.04. The zero-order valence-electron chi connectivity index (χ0n) is 11.4. The normalized spacial score (nSPS) is 11.8. The highest BCUT2D eigenvalue weighted by atomic mass is 19.1. The quantitative estimate of drug-likeness (QED) is 0.723. The van der Waals surface area contributed by atoms with E-state index in [-0.39, 0.29) is 5.75 Å². The number of benzene rings is 1. The van der Waals surface area contributed by atoms with E-state index in [1.54, 1.807) is 12.1 Å². The lowest BCUT2D eigenvalue weighted by Gasteiger charge is -2.17. The average molecular weight is 283 g/mol. The van der Waals surface area contributed by atoms with Gasteiger partial charge in [0.1, 0.15) is 0 Å². The van der Waals surface area contributed by atoms with Crippen LogP contribution in [-0.4, -0.2) is 24.6 Å². The van der Waals surface area contributed by atoms with E-state index in [2.05, 4.69) is 5.32 Å². The minimum Gasteiger partial charge on any atom is -0.477 e. The summed E-state index contributed by atoms with van der Waals surface area (Å²) in [5, 5.41) is 4.93. The van der Waals surface area contributed by atoms with Gasteiger partial charge in [-0.2, -0.15) is 0 Å². The average Bonchev–Trinajstić information content (AvgIpc) is 2.38. The Bertz CT molecular complexity index is 494. The Morgan fingerprint density at radius 3 is 2.75 bits per heavy atom. The van der Waals surface area contributed by atoms with Gasteiger partial charge in [0, 0.05) is 12.1 Å². The van der Waals surface area contributed by atoms with Gasteiger partial charge in [-0.3, -0.25) is 10.1 Å². The van der Waals surface area contributed by atoms with Crippen LogP contribution < -0.4 is 21.1 Å². The second kappa shape index (κ2) is 7.44. The van der Waals surface area contributed by atoms with Crippen LogP contribution >= 0.6 is 0 Å². The number of carbonyl (C=O) groups is 2. The predicted molar refractivity (Wildman–Crippen MR) is 71.6 cm³/mol. The molecule has 0 bridgehead atoms. The van der Waals surface area contributed by atoms with E-state index in [9.17, 15) is 14.0 Å². The third-order valence-corrected chi connectivity index (χ3v) is 2.52. The van der Waals surface area contributed by atoms with Crippen molar-refractivity contribution in [1.82, 2.24) is 10.6 Å². The number of amides is 3. The molecule has 1 aromatic rings. The number of primary amides is 1. The lowest BCUT2D eigenvalue weighted by atomic mass is 10.2. The monoisotopic (exact) mass is 283 g/mol. The van der Waals surface area contributed by atoms with Crippen LogP contribution in [0.3, 0.4) is 0 Å². The molecule has 6 nitrogen and oxygen atoms in total. The largest absolute Gasteiger partial charge is 0.477 e.